The summed E-state index contributed by atoms with van der Waals surface area (Å²) in [6.07, 6.45) is 1.87. The second-order valence-electron chi connectivity index (χ2n) is 10.7. The highest BCUT2D eigenvalue weighted by Gasteiger charge is 2.40. The van der Waals surface area contributed by atoms with Crippen molar-refractivity contribution >= 4 is 35.0 Å². The van der Waals surface area contributed by atoms with Crippen LogP contribution in [0.4, 0.5) is 11.4 Å². The van der Waals surface area contributed by atoms with Crippen LogP contribution >= 0.6 is 11.8 Å². The summed E-state index contributed by atoms with van der Waals surface area (Å²) in [5.74, 6) is -0.395. The zero-order valence-corrected chi connectivity index (χ0v) is 25.8. The Bertz CT molecular complexity index is 1320. The number of rotatable bonds is 14. The average Bonchev–Trinajstić information content (AvgIpc) is 3.35. The quantitative estimate of drug-likeness (QED) is 0.313. The summed E-state index contributed by atoms with van der Waals surface area (Å²) < 4.78 is 5.54. The van der Waals surface area contributed by atoms with Crippen LogP contribution in [0.1, 0.15) is 25.3 Å². The molecule has 11 heteroatoms. The number of anilines is 2. The minimum absolute atomic E-state index is 0.0491. The molecule has 0 saturated carbocycles. The Morgan fingerprint density at radius 1 is 1.14 bits per heavy atom. The summed E-state index contributed by atoms with van der Waals surface area (Å²) in [7, 11) is 1.72. The van der Waals surface area contributed by atoms with Gasteiger partial charge in [0.05, 0.1) is 35.6 Å². The van der Waals surface area contributed by atoms with Gasteiger partial charge in [-0.05, 0) is 49.6 Å². The van der Waals surface area contributed by atoms with E-state index in [1.54, 1.807) is 12.0 Å². The zero-order valence-electron chi connectivity index (χ0n) is 25.0. The smallest absolute Gasteiger partial charge is 0.238 e. The molecule has 2 N–H and O–H groups in total. The van der Waals surface area contributed by atoms with Gasteiger partial charge in [-0.3, -0.25) is 14.5 Å². The van der Waals surface area contributed by atoms with Crippen LogP contribution in [0.25, 0.3) is 0 Å². The Kier molecular flexibility index (Phi) is 12.0. The van der Waals surface area contributed by atoms with Gasteiger partial charge in [0.2, 0.25) is 11.8 Å². The Labute approximate surface area is 258 Å². The first kappa shape index (κ1) is 32.0. The normalized spacial score (nSPS) is 19.4. The minimum Gasteiger partial charge on any atom is -0.495 e. The summed E-state index contributed by atoms with van der Waals surface area (Å²) in [6, 6.07) is 20.5. The molecule has 0 radical (unpaired) electrons. The Balaban J connectivity index is 1.21. The number of nitrogens with zero attached hydrogens (tertiary/aromatic N) is 5. The van der Waals surface area contributed by atoms with Crippen LogP contribution in [-0.4, -0.2) is 91.7 Å². The van der Waals surface area contributed by atoms with Crippen molar-refractivity contribution < 1.29 is 14.3 Å². The lowest BCUT2D eigenvalue weighted by atomic mass is 10.1. The van der Waals surface area contributed by atoms with E-state index in [4.69, 9.17) is 10.00 Å². The molecule has 2 amide bonds. The molecule has 0 aromatic heterocycles. The molecule has 2 heterocycles. The number of para-hydroxylation sites is 2. The molecule has 43 heavy (non-hydrogen) atoms. The highest BCUT2D eigenvalue weighted by molar-refractivity contribution is 8.01. The van der Waals surface area contributed by atoms with Crippen LogP contribution in [0.2, 0.25) is 0 Å². The van der Waals surface area contributed by atoms with Crippen molar-refractivity contribution in [2.75, 3.05) is 69.7 Å². The Morgan fingerprint density at radius 3 is 2.65 bits per heavy atom. The van der Waals surface area contributed by atoms with Gasteiger partial charge in [0.15, 0.2) is 0 Å². The fraction of sp³-hybridized carbons (Fsp3) is 0.500. The van der Waals surface area contributed by atoms with Gasteiger partial charge in [0, 0.05) is 57.9 Å². The number of thioether (sulfide) groups is 1. The number of benzene rings is 2. The first-order valence-corrected chi connectivity index (χ1v) is 15.8. The predicted molar refractivity (Wildman–Crippen MR) is 170 cm³/mol. The maximum atomic E-state index is 13.1. The first-order valence-electron chi connectivity index (χ1n) is 14.9. The molecule has 2 saturated heterocycles. The van der Waals surface area contributed by atoms with E-state index < -0.39 is 11.8 Å². The van der Waals surface area contributed by atoms with E-state index in [1.807, 2.05) is 31.2 Å². The van der Waals surface area contributed by atoms with Crippen molar-refractivity contribution in [3.05, 3.63) is 54.1 Å². The van der Waals surface area contributed by atoms with E-state index in [0.717, 1.165) is 56.3 Å². The maximum Gasteiger partial charge on any atom is 0.238 e. The zero-order chi connectivity index (χ0) is 30.6. The summed E-state index contributed by atoms with van der Waals surface area (Å²) in [5, 5.41) is 23.7. The summed E-state index contributed by atoms with van der Waals surface area (Å²) in [4.78, 5) is 32.0. The SMILES string of the molecule is CCN1C(=O)C(CCNc2cccc(CCN3CCN(c4ccccc4OC)CC3)c2)SC1CC(C#N)C(=O)NCC#N. The van der Waals surface area contributed by atoms with Gasteiger partial charge in [-0.25, -0.2) is 0 Å². The Morgan fingerprint density at radius 2 is 1.93 bits per heavy atom. The van der Waals surface area contributed by atoms with E-state index in [-0.39, 0.29) is 29.5 Å². The van der Waals surface area contributed by atoms with E-state index in [1.165, 1.54) is 17.3 Å². The fourth-order valence-corrected chi connectivity index (χ4v) is 7.22. The molecular weight excluding hydrogens is 562 g/mol. The van der Waals surface area contributed by atoms with Crippen molar-refractivity contribution in [1.82, 2.24) is 15.1 Å². The van der Waals surface area contributed by atoms with E-state index in [0.29, 0.717) is 19.5 Å². The standard InChI is InChI=1S/C32H41N7O3S/c1-3-39-30(22-25(23-34)31(40)36-15-13-33)43-29(32(39)41)11-14-35-26-8-6-7-24(21-26)12-16-37-17-19-38(20-18-37)27-9-4-5-10-28(27)42-2/h4-10,21,25,29-30,35H,3,11-12,14-20,22H2,1-2H3,(H,36,40). The number of amides is 2. The molecule has 0 aliphatic carbocycles. The van der Waals surface area contributed by atoms with Gasteiger partial charge in [-0.1, -0.05) is 24.3 Å². The van der Waals surface area contributed by atoms with Crippen LogP contribution in [-0.2, 0) is 16.0 Å². The van der Waals surface area contributed by atoms with Gasteiger partial charge in [0.1, 0.15) is 18.2 Å². The van der Waals surface area contributed by atoms with Crippen LogP contribution in [0, 0.1) is 28.6 Å². The van der Waals surface area contributed by atoms with Crippen molar-refractivity contribution in [1.29, 1.82) is 10.5 Å². The van der Waals surface area contributed by atoms with Gasteiger partial charge in [-0.15, -0.1) is 11.8 Å². The number of hydrogen-bond acceptors (Lipinski definition) is 9. The lowest BCUT2D eigenvalue weighted by Gasteiger charge is -2.36. The van der Waals surface area contributed by atoms with Crippen molar-refractivity contribution in [2.45, 2.75) is 36.8 Å². The summed E-state index contributed by atoms with van der Waals surface area (Å²) in [5.41, 5.74) is 3.47. The topological polar surface area (TPSA) is 125 Å². The molecule has 3 atom stereocenters. The molecule has 2 aromatic carbocycles. The monoisotopic (exact) mass is 603 g/mol. The number of methoxy groups -OCH3 is 1. The third-order valence-electron chi connectivity index (χ3n) is 8.00. The first-order chi connectivity index (χ1) is 21.0. The molecule has 0 bridgehead atoms. The molecule has 2 aliphatic heterocycles. The molecule has 2 fully saturated rings. The maximum absolute atomic E-state index is 13.1. The predicted octanol–water partition coefficient (Wildman–Crippen LogP) is 3.32. The van der Waals surface area contributed by atoms with E-state index in [9.17, 15) is 14.9 Å². The summed E-state index contributed by atoms with van der Waals surface area (Å²) >= 11 is 1.52. The molecule has 4 rings (SSSR count). The van der Waals surface area contributed by atoms with Crippen LogP contribution in [0.15, 0.2) is 48.5 Å². The average molecular weight is 604 g/mol. The number of nitriles is 2. The Hall–Kier alpha value is -3.93. The van der Waals surface area contributed by atoms with Crippen LogP contribution < -0.4 is 20.3 Å². The number of carbonyl (C=O) groups is 2. The highest BCUT2D eigenvalue weighted by atomic mass is 32.2. The third kappa shape index (κ3) is 8.56. The molecule has 3 unspecified atom stereocenters. The molecular formula is C32H41N7O3S. The second kappa shape index (κ2) is 16.1. The van der Waals surface area contributed by atoms with Crippen molar-refractivity contribution in [3.63, 3.8) is 0 Å². The largest absolute Gasteiger partial charge is 0.495 e. The van der Waals surface area contributed by atoms with Crippen LogP contribution in [0.5, 0.6) is 5.75 Å². The number of hydrogen-bond donors (Lipinski definition) is 2. The van der Waals surface area contributed by atoms with Gasteiger partial charge in [-0.2, -0.15) is 10.5 Å². The number of ether oxygens (including phenoxy) is 1. The van der Waals surface area contributed by atoms with Gasteiger partial charge >= 0.3 is 0 Å². The van der Waals surface area contributed by atoms with Crippen LogP contribution in [0.3, 0.4) is 0 Å². The van der Waals surface area contributed by atoms with E-state index >= 15 is 0 Å². The van der Waals surface area contributed by atoms with Gasteiger partial charge < -0.3 is 25.2 Å². The lowest BCUT2D eigenvalue weighted by Crippen LogP contribution is -2.47. The molecule has 10 nitrogen and oxygen atoms in total. The molecule has 2 aromatic rings. The minimum atomic E-state index is -0.899. The van der Waals surface area contributed by atoms with Crippen molar-refractivity contribution in [3.8, 4) is 17.9 Å². The number of carbonyl (C=O) groups excluding carboxylic acids is 2. The molecule has 0 spiro atoms. The lowest BCUT2D eigenvalue weighted by molar-refractivity contribution is -0.131. The summed E-state index contributed by atoms with van der Waals surface area (Å²) in [6.45, 7) is 7.92. The third-order valence-corrected chi connectivity index (χ3v) is 9.52. The number of piperazine rings is 1. The second-order valence-corrected chi connectivity index (χ2v) is 12.0. The van der Waals surface area contributed by atoms with E-state index in [2.05, 4.69) is 56.8 Å². The number of nitrogens with one attached hydrogen (secondary N) is 2. The molecule has 228 valence electrons. The molecule has 2 aliphatic rings. The fourth-order valence-electron chi connectivity index (χ4n) is 5.63. The highest BCUT2D eigenvalue weighted by Crippen LogP contribution is 2.37. The van der Waals surface area contributed by atoms with Crippen molar-refractivity contribution in [2.24, 2.45) is 5.92 Å². The van der Waals surface area contributed by atoms with Gasteiger partial charge in [0.25, 0.3) is 0 Å².